The Balaban J connectivity index is 0.00000336. The number of hydrogen-bond donors (Lipinski definition) is 2. The Labute approximate surface area is 268 Å². The van der Waals surface area contributed by atoms with Gasteiger partial charge >= 0.3 is 51.4 Å². The number of aromatic nitrogens is 2. The van der Waals surface area contributed by atoms with Gasteiger partial charge in [-0.3, -0.25) is 15.1 Å². The zero-order valence-corrected chi connectivity index (χ0v) is 26.0. The van der Waals surface area contributed by atoms with E-state index in [9.17, 15) is 9.18 Å². The van der Waals surface area contributed by atoms with E-state index in [0.29, 0.717) is 48.8 Å². The smallest absolute Gasteiger partial charge is 0.467 e. The fraction of sp³-hybridized carbons (Fsp3) is 0.296. The molecule has 1 atom stereocenters. The van der Waals surface area contributed by atoms with E-state index in [1.165, 1.54) is 10.8 Å². The van der Waals surface area contributed by atoms with E-state index in [1.807, 2.05) is 29.0 Å². The molecule has 0 radical (unpaired) electrons. The van der Waals surface area contributed by atoms with Crippen LogP contribution >= 0.6 is 11.3 Å². The van der Waals surface area contributed by atoms with E-state index < -0.39 is 6.04 Å². The number of amides is 1. The number of piperazine rings is 1. The first-order chi connectivity index (χ1) is 17.9. The van der Waals surface area contributed by atoms with Crippen LogP contribution < -0.4 is 56.7 Å². The van der Waals surface area contributed by atoms with Gasteiger partial charge in [0.05, 0.1) is 0 Å². The number of nitrogens with zero attached hydrogens (tertiary/aromatic N) is 5. The van der Waals surface area contributed by atoms with E-state index in [-0.39, 0.29) is 68.9 Å². The Morgan fingerprint density at radius 1 is 1.26 bits per heavy atom. The van der Waals surface area contributed by atoms with Crippen LogP contribution in [-0.2, 0) is 11.3 Å². The maximum Gasteiger partial charge on any atom is 1.00 e. The summed E-state index contributed by atoms with van der Waals surface area (Å²) >= 11 is 1.67. The molecule has 1 amide bonds. The number of nitrogens with one attached hydrogen (secondary N) is 2. The summed E-state index contributed by atoms with van der Waals surface area (Å²) in [7, 11) is 3.55. The molecule has 0 spiro atoms. The summed E-state index contributed by atoms with van der Waals surface area (Å²) in [6, 6.07) is 12.7. The maximum atomic E-state index is 14.1. The van der Waals surface area contributed by atoms with Crippen LogP contribution in [-0.4, -0.2) is 71.1 Å². The molecule has 2 aromatic heterocycles. The van der Waals surface area contributed by atoms with Crippen LogP contribution in [0.4, 0.5) is 10.2 Å². The molecule has 8 nitrogen and oxygen atoms in total. The van der Waals surface area contributed by atoms with Gasteiger partial charge in [0, 0.05) is 48.3 Å². The molecule has 1 aliphatic heterocycles. The van der Waals surface area contributed by atoms with Crippen molar-refractivity contribution in [1.29, 1.82) is 5.41 Å². The second-order valence-corrected chi connectivity index (χ2v) is 10.1. The monoisotopic (exact) mass is 557 g/mol. The van der Waals surface area contributed by atoms with Crippen LogP contribution in [0.15, 0.2) is 54.0 Å². The van der Waals surface area contributed by atoms with Crippen molar-refractivity contribution in [2.45, 2.75) is 19.5 Å². The molecule has 1 fully saturated rings. The van der Waals surface area contributed by atoms with E-state index in [0.717, 1.165) is 10.9 Å². The molecule has 2 N–H and O–H groups in total. The molecule has 4 aromatic rings. The van der Waals surface area contributed by atoms with Crippen molar-refractivity contribution in [3.8, 4) is 5.69 Å². The summed E-state index contributed by atoms with van der Waals surface area (Å²) in [6.07, 6.45) is 1.70. The molecular formula is C27H29FKN7OS. The van der Waals surface area contributed by atoms with Crippen molar-refractivity contribution in [1.82, 2.24) is 24.9 Å². The minimum atomic E-state index is -0.401. The van der Waals surface area contributed by atoms with Crippen molar-refractivity contribution in [3.63, 3.8) is 0 Å². The molecule has 1 aliphatic rings. The number of thiophene rings is 1. The summed E-state index contributed by atoms with van der Waals surface area (Å²) in [5, 5.41) is 24.0. The van der Waals surface area contributed by atoms with E-state index in [4.69, 9.17) is 5.41 Å². The van der Waals surface area contributed by atoms with Gasteiger partial charge in [-0.05, 0) is 59.9 Å². The second-order valence-electron chi connectivity index (χ2n) is 9.23. The fourth-order valence-electron chi connectivity index (χ4n) is 4.55. The molecule has 5 rings (SSSR count). The average molecular weight is 558 g/mol. The van der Waals surface area contributed by atoms with Gasteiger partial charge in [-0.1, -0.05) is 31.3 Å². The Morgan fingerprint density at radius 3 is 2.82 bits per heavy atom. The topological polar surface area (TPSA) is 91.4 Å². The van der Waals surface area contributed by atoms with Crippen LogP contribution in [0.3, 0.4) is 0 Å². The number of hydrogen-bond acceptors (Lipinski definition) is 5. The summed E-state index contributed by atoms with van der Waals surface area (Å²) in [6.45, 7) is 3.78. The number of carbonyl (C=O) groups is 1. The Morgan fingerprint density at radius 2 is 2.05 bits per heavy atom. The van der Waals surface area contributed by atoms with Gasteiger partial charge < -0.3 is 25.3 Å². The molecular weight excluding hydrogens is 529 g/mol. The summed E-state index contributed by atoms with van der Waals surface area (Å²) in [4.78, 5) is 17.1. The van der Waals surface area contributed by atoms with E-state index in [1.54, 1.807) is 48.3 Å². The minimum Gasteiger partial charge on any atom is -0.467 e. The van der Waals surface area contributed by atoms with Crippen LogP contribution in [0.1, 0.15) is 16.7 Å². The van der Waals surface area contributed by atoms with Crippen LogP contribution in [0.25, 0.3) is 21.1 Å². The molecule has 11 heteroatoms. The van der Waals surface area contributed by atoms with Crippen molar-refractivity contribution >= 4 is 39.0 Å². The number of benzene rings is 2. The first-order valence-corrected chi connectivity index (χ1v) is 13.0. The Hall–Kier alpha value is -2.12. The molecule has 1 unspecified atom stereocenters. The Kier molecular flexibility index (Phi) is 9.40. The van der Waals surface area contributed by atoms with Gasteiger partial charge in [-0.2, -0.15) is 0 Å². The molecule has 0 aliphatic carbocycles. The summed E-state index contributed by atoms with van der Waals surface area (Å²) in [5.74, 6) is 0.258. The van der Waals surface area contributed by atoms with Crippen molar-refractivity contribution in [2.75, 3.05) is 33.7 Å². The number of carbonyl (C=O) groups excluding carboxylic acids is 1. The SMILES string of the molecule is C[N-]c1nn(-c2ccc(C)c(F)c2)cc1C(=N)N1CCN(C)C(C(=O)NCc2csc3ccccc23)C1.[K+]. The summed E-state index contributed by atoms with van der Waals surface area (Å²) < 4.78 is 16.9. The molecule has 3 heterocycles. The predicted molar refractivity (Wildman–Crippen MR) is 146 cm³/mol. The van der Waals surface area contributed by atoms with Crippen molar-refractivity contribution in [2.24, 2.45) is 0 Å². The Bertz CT molecular complexity index is 1470. The molecule has 0 saturated carbocycles. The van der Waals surface area contributed by atoms with Gasteiger partial charge in [0.15, 0.2) is 0 Å². The maximum absolute atomic E-state index is 14.1. The molecule has 2 aromatic carbocycles. The van der Waals surface area contributed by atoms with Gasteiger partial charge in [0.2, 0.25) is 5.91 Å². The van der Waals surface area contributed by atoms with Crippen LogP contribution in [0, 0.1) is 18.2 Å². The number of fused-ring (bicyclic) bond motifs is 1. The number of rotatable bonds is 6. The standard InChI is InChI=1S/C27H30FN7OS.K/c1-17-8-9-19(12-22(17)28)35-14-21(26(30-2)32-35)25(29)34-11-10-33(3)23(15-34)27(36)31-13-18-16-37-24-7-5-4-6-20(18)24;/h4-9,12,14,16,23,29H,10-11,13,15H2,1-3H3,(H2,30,31,32,36);/q;+1/p-1. The van der Waals surface area contributed by atoms with Crippen molar-refractivity contribution in [3.05, 3.63) is 81.9 Å². The zero-order chi connectivity index (χ0) is 26.1. The third-order valence-electron chi connectivity index (χ3n) is 6.86. The number of likely N-dealkylation sites (N-methyl/N-ethyl adjacent to an activating group) is 1. The van der Waals surface area contributed by atoms with E-state index in [2.05, 4.69) is 33.2 Å². The fourth-order valence-corrected chi connectivity index (χ4v) is 5.52. The van der Waals surface area contributed by atoms with Crippen LogP contribution in [0.2, 0.25) is 0 Å². The molecule has 1 saturated heterocycles. The average Bonchev–Trinajstić information content (AvgIpc) is 3.53. The number of amidine groups is 1. The predicted octanol–water partition coefficient (Wildman–Crippen LogP) is 1.43. The van der Waals surface area contributed by atoms with Crippen LogP contribution in [0.5, 0.6) is 0 Å². The first-order valence-electron chi connectivity index (χ1n) is 12.1. The minimum absolute atomic E-state index is 0. The molecule has 38 heavy (non-hydrogen) atoms. The second kappa shape index (κ2) is 12.4. The zero-order valence-electron chi connectivity index (χ0n) is 22.0. The van der Waals surface area contributed by atoms with Gasteiger partial charge in [0.25, 0.3) is 0 Å². The third kappa shape index (κ3) is 5.89. The van der Waals surface area contributed by atoms with Gasteiger partial charge in [0.1, 0.15) is 17.7 Å². The van der Waals surface area contributed by atoms with Gasteiger partial charge in [-0.25, -0.2) is 4.39 Å². The van der Waals surface area contributed by atoms with Crippen molar-refractivity contribution < 1.29 is 60.6 Å². The number of halogens is 1. The first kappa shape index (κ1) is 28.9. The van der Waals surface area contributed by atoms with Gasteiger partial charge in [-0.15, -0.1) is 11.3 Å². The molecule has 0 bridgehead atoms. The molecule has 192 valence electrons. The largest absolute Gasteiger partial charge is 1.00 e. The number of aryl methyl sites for hydroxylation is 1. The van der Waals surface area contributed by atoms with E-state index >= 15 is 0 Å². The summed E-state index contributed by atoms with van der Waals surface area (Å²) in [5.41, 5.74) is 2.75. The normalized spacial score (nSPS) is 15.8. The third-order valence-corrected chi connectivity index (χ3v) is 7.88. The quantitative estimate of drug-likeness (QED) is 0.213.